The minimum atomic E-state index is -0.701. The Labute approximate surface area is 138 Å². The van der Waals surface area contributed by atoms with Crippen molar-refractivity contribution in [1.29, 1.82) is 0 Å². The van der Waals surface area contributed by atoms with Gasteiger partial charge in [0.05, 0.1) is 0 Å². The number of hydrogen-bond acceptors (Lipinski definition) is 4. The predicted molar refractivity (Wildman–Crippen MR) is 88.8 cm³/mol. The molecule has 4 heteroatoms. The van der Waals surface area contributed by atoms with Gasteiger partial charge >= 0.3 is 11.9 Å². The van der Waals surface area contributed by atoms with Gasteiger partial charge in [0.2, 0.25) is 0 Å². The molecule has 2 fully saturated rings. The van der Waals surface area contributed by atoms with Crippen LogP contribution in [0.2, 0.25) is 0 Å². The Morgan fingerprint density at radius 2 is 1.74 bits per heavy atom. The topological polar surface area (TPSA) is 52.6 Å². The minimum Gasteiger partial charge on any atom is -0.455 e. The molecule has 0 radical (unpaired) electrons. The summed E-state index contributed by atoms with van der Waals surface area (Å²) in [5.41, 5.74) is -0.313. The second-order valence-electron chi connectivity index (χ2n) is 6.84. The van der Waals surface area contributed by atoms with E-state index in [0.717, 1.165) is 51.4 Å². The van der Waals surface area contributed by atoms with Crippen LogP contribution in [0.5, 0.6) is 0 Å². The van der Waals surface area contributed by atoms with Gasteiger partial charge in [-0.2, -0.15) is 0 Å². The van der Waals surface area contributed by atoms with Crippen LogP contribution in [0.3, 0.4) is 0 Å². The van der Waals surface area contributed by atoms with Gasteiger partial charge in [0, 0.05) is 17.6 Å². The zero-order chi connectivity index (χ0) is 16.9. The Balaban J connectivity index is 2.30. The van der Waals surface area contributed by atoms with Crippen LogP contribution < -0.4 is 0 Å². The minimum absolute atomic E-state index is 0.252. The number of carbonyl (C=O) groups excluding carboxylic acids is 2. The van der Waals surface area contributed by atoms with Crippen LogP contribution in [-0.2, 0) is 19.1 Å². The van der Waals surface area contributed by atoms with Crippen molar-refractivity contribution in [3.8, 4) is 0 Å². The second kappa shape index (κ2) is 7.80. The van der Waals surface area contributed by atoms with E-state index >= 15 is 0 Å². The first kappa shape index (κ1) is 17.8. The fourth-order valence-electron chi connectivity index (χ4n) is 4.00. The summed E-state index contributed by atoms with van der Waals surface area (Å²) in [5, 5.41) is 0. The molecule has 128 valence electrons. The van der Waals surface area contributed by atoms with Gasteiger partial charge in [-0.1, -0.05) is 32.4 Å². The molecule has 2 unspecified atom stereocenters. The maximum Gasteiger partial charge on any atom is 0.333 e. The molecular weight excluding hydrogens is 292 g/mol. The Hall–Kier alpha value is -1.58. The van der Waals surface area contributed by atoms with Crippen LogP contribution in [0.1, 0.15) is 64.7 Å². The first-order chi connectivity index (χ1) is 11.0. The van der Waals surface area contributed by atoms with Gasteiger partial charge in [0.25, 0.3) is 0 Å². The molecule has 2 atom stereocenters. The molecule has 0 bridgehead atoms. The highest BCUT2D eigenvalue weighted by Gasteiger charge is 2.52. The molecule has 0 aromatic rings. The third-order valence-corrected chi connectivity index (χ3v) is 5.18. The molecule has 2 aliphatic carbocycles. The lowest BCUT2D eigenvalue weighted by molar-refractivity contribution is -0.203. The Kier molecular flexibility index (Phi) is 6.03. The molecule has 23 heavy (non-hydrogen) atoms. The molecule has 4 nitrogen and oxygen atoms in total. The molecule has 0 heterocycles. The van der Waals surface area contributed by atoms with Gasteiger partial charge < -0.3 is 9.47 Å². The molecule has 0 aliphatic heterocycles. The number of carbonyl (C=O) groups is 2. The zero-order valence-corrected chi connectivity index (χ0v) is 14.1. The third-order valence-electron chi connectivity index (χ3n) is 5.18. The molecular formula is C19H28O4. The van der Waals surface area contributed by atoms with Crippen LogP contribution in [0.15, 0.2) is 24.8 Å². The maximum atomic E-state index is 12.3. The standard InChI is InChI=1S/C19H28O4/c1-4-17(20)22-16-12-8-9-13-19(16,23-18(21)14(2)3)15-10-6-5-7-11-15/h4,15-16H,1-2,5-13H2,3H3. The average Bonchev–Trinajstić information content (AvgIpc) is 2.57. The smallest absolute Gasteiger partial charge is 0.333 e. The highest BCUT2D eigenvalue weighted by molar-refractivity contribution is 5.87. The summed E-state index contributed by atoms with van der Waals surface area (Å²) in [7, 11) is 0. The molecule has 0 aromatic carbocycles. The SMILES string of the molecule is C=CC(=O)OC1CCCCC1(OC(=O)C(=C)C)C1CCCCC1. The average molecular weight is 320 g/mol. The van der Waals surface area contributed by atoms with Crippen LogP contribution >= 0.6 is 0 Å². The summed E-state index contributed by atoms with van der Waals surface area (Å²) < 4.78 is 11.6. The van der Waals surface area contributed by atoms with E-state index in [1.807, 2.05) is 0 Å². The van der Waals surface area contributed by atoms with Crippen molar-refractivity contribution in [2.75, 3.05) is 0 Å². The molecule has 0 N–H and O–H groups in total. The molecule has 2 saturated carbocycles. The van der Waals surface area contributed by atoms with E-state index in [1.165, 1.54) is 12.5 Å². The lowest BCUT2D eigenvalue weighted by Crippen LogP contribution is -2.56. The van der Waals surface area contributed by atoms with Crippen LogP contribution in [-0.4, -0.2) is 23.6 Å². The van der Waals surface area contributed by atoms with E-state index in [9.17, 15) is 9.59 Å². The van der Waals surface area contributed by atoms with Gasteiger partial charge in [0.15, 0.2) is 5.60 Å². The fourth-order valence-corrected chi connectivity index (χ4v) is 4.00. The number of ether oxygens (including phenoxy) is 2. The van der Waals surface area contributed by atoms with E-state index in [2.05, 4.69) is 13.2 Å². The number of esters is 2. The Morgan fingerprint density at radius 1 is 1.09 bits per heavy atom. The third kappa shape index (κ3) is 4.04. The van der Waals surface area contributed by atoms with Crippen molar-refractivity contribution in [2.24, 2.45) is 5.92 Å². The van der Waals surface area contributed by atoms with Crippen molar-refractivity contribution in [3.63, 3.8) is 0 Å². The first-order valence-corrected chi connectivity index (χ1v) is 8.71. The fraction of sp³-hybridized carbons (Fsp3) is 0.684. The summed E-state index contributed by atoms with van der Waals surface area (Å²) in [6, 6.07) is 0. The quantitative estimate of drug-likeness (QED) is 0.565. The highest BCUT2D eigenvalue weighted by Crippen LogP contribution is 2.46. The van der Waals surface area contributed by atoms with E-state index < -0.39 is 11.6 Å². The van der Waals surface area contributed by atoms with Crippen LogP contribution in [0.25, 0.3) is 0 Å². The van der Waals surface area contributed by atoms with Gasteiger partial charge in [-0.05, 0) is 45.4 Å². The van der Waals surface area contributed by atoms with Gasteiger partial charge in [-0.3, -0.25) is 0 Å². The molecule has 0 amide bonds. The van der Waals surface area contributed by atoms with Gasteiger partial charge in [-0.25, -0.2) is 9.59 Å². The molecule has 0 aromatic heterocycles. The lowest BCUT2D eigenvalue weighted by Gasteiger charge is -2.48. The van der Waals surface area contributed by atoms with Crippen LogP contribution in [0.4, 0.5) is 0 Å². The predicted octanol–water partition coefficient (Wildman–Crippen LogP) is 4.10. The van der Waals surface area contributed by atoms with Crippen LogP contribution in [0, 0.1) is 5.92 Å². The second-order valence-corrected chi connectivity index (χ2v) is 6.84. The Bertz CT molecular complexity index is 476. The number of hydrogen-bond donors (Lipinski definition) is 0. The van der Waals surface area contributed by atoms with E-state index in [-0.39, 0.29) is 18.0 Å². The maximum absolute atomic E-state index is 12.3. The molecule has 2 rings (SSSR count). The van der Waals surface area contributed by atoms with Crippen molar-refractivity contribution in [3.05, 3.63) is 24.8 Å². The summed E-state index contributed by atoms with van der Waals surface area (Å²) in [4.78, 5) is 24.0. The van der Waals surface area contributed by atoms with Crippen molar-refractivity contribution in [2.45, 2.75) is 76.4 Å². The van der Waals surface area contributed by atoms with Gasteiger partial charge in [-0.15, -0.1) is 0 Å². The summed E-state index contributed by atoms with van der Waals surface area (Å²) in [6.07, 6.45) is 9.80. The summed E-state index contributed by atoms with van der Waals surface area (Å²) >= 11 is 0. The normalized spacial score (nSPS) is 28.7. The van der Waals surface area contributed by atoms with Gasteiger partial charge in [0.1, 0.15) is 6.10 Å². The summed E-state index contributed by atoms with van der Waals surface area (Å²) in [6.45, 7) is 8.84. The monoisotopic (exact) mass is 320 g/mol. The van der Waals surface area contributed by atoms with Crippen molar-refractivity contribution < 1.29 is 19.1 Å². The molecule has 0 spiro atoms. The first-order valence-electron chi connectivity index (χ1n) is 8.71. The number of rotatable bonds is 5. The van der Waals surface area contributed by atoms with E-state index in [1.54, 1.807) is 6.92 Å². The van der Waals surface area contributed by atoms with Crippen molar-refractivity contribution >= 4 is 11.9 Å². The highest BCUT2D eigenvalue weighted by atomic mass is 16.6. The zero-order valence-electron chi connectivity index (χ0n) is 14.1. The summed E-state index contributed by atoms with van der Waals surface area (Å²) in [5.74, 6) is -0.567. The largest absolute Gasteiger partial charge is 0.455 e. The van der Waals surface area contributed by atoms with E-state index in [0.29, 0.717) is 5.57 Å². The Morgan fingerprint density at radius 3 is 2.35 bits per heavy atom. The lowest BCUT2D eigenvalue weighted by atomic mass is 9.68. The molecule has 2 aliphatic rings. The van der Waals surface area contributed by atoms with Crippen molar-refractivity contribution in [1.82, 2.24) is 0 Å². The van der Waals surface area contributed by atoms with E-state index in [4.69, 9.17) is 9.47 Å². The molecule has 0 saturated heterocycles.